The van der Waals surface area contributed by atoms with Gasteiger partial charge in [-0.05, 0) is 41.2 Å². The SMILES string of the molecule is FC(F)(F)c1cccc2c1CCc1ccccc1-2. The average molecular weight is 248 g/mol. The molecule has 2 aromatic rings. The van der Waals surface area contributed by atoms with E-state index in [0.717, 1.165) is 16.7 Å². The Morgan fingerprint density at radius 1 is 0.778 bits per heavy atom. The second-order valence-corrected chi connectivity index (χ2v) is 4.49. The highest BCUT2D eigenvalue weighted by Gasteiger charge is 2.35. The van der Waals surface area contributed by atoms with Crippen LogP contribution in [0.2, 0.25) is 0 Å². The summed E-state index contributed by atoms with van der Waals surface area (Å²) in [5.41, 5.74) is 2.74. The van der Waals surface area contributed by atoms with Crippen molar-refractivity contribution < 1.29 is 13.2 Å². The minimum Gasteiger partial charge on any atom is -0.166 e. The largest absolute Gasteiger partial charge is 0.416 e. The molecular weight excluding hydrogens is 237 g/mol. The van der Waals surface area contributed by atoms with Gasteiger partial charge >= 0.3 is 6.18 Å². The van der Waals surface area contributed by atoms with E-state index in [-0.39, 0.29) is 0 Å². The summed E-state index contributed by atoms with van der Waals surface area (Å²) in [7, 11) is 0. The molecule has 1 aliphatic carbocycles. The van der Waals surface area contributed by atoms with E-state index in [1.165, 1.54) is 12.1 Å². The lowest BCUT2D eigenvalue weighted by Gasteiger charge is -2.23. The Morgan fingerprint density at radius 2 is 1.50 bits per heavy atom. The highest BCUT2D eigenvalue weighted by Crippen LogP contribution is 2.40. The highest BCUT2D eigenvalue weighted by molar-refractivity contribution is 5.74. The molecule has 3 heteroatoms. The summed E-state index contributed by atoms with van der Waals surface area (Å²) in [4.78, 5) is 0. The van der Waals surface area contributed by atoms with Crippen LogP contribution in [0.1, 0.15) is 16.7 Å². The van der Waals surface area contributed by atoms with Crippen LogP contribution >= 0.6 is 0 Å². The Hall–Kier alpha value is -1.77. The van der Waals surface area contributed by atoms with Crippen LogP contribution in [0.25, 0.3) is 11.1 Å². The molecule has 18 heavy (non-hydrogen) atoms. The Balaban J connectivity index is 2.25. The van der Waals surface area contributed by atoms with E-state index in [0.29, 0.717) is 18.4 Å². The summed E-state index contributed by atoms with van der Waals surface area (Å²) in [5, 5.41) is 0. The minimum absolute atomic E-state index is 0.434. The molecule has 0 saturated carbocycles. The van der Waals surface area contributed by atoms with Gasteiger partial charge < -0.3 is 0 Å². The molecule has 0 N–H and O–H groups in total. The molecule has 2 aromatic carbocycles. The van der Waals surface area contributed by atoms with E-state index in [2.05, 4.69) is 0 Å². The molecule has 0 bridgehead atoms. The first-order valence-electron chi connectivity index (χ1n) is 5.85. The predicted octanol–water partition coefficient (Wildman–Crippen LogP) is 4.47. The third-order valence-corrected chi connectivity index (χ3v) is 3.43. The van der Waals surface area contributed by atoms with E-state index in [1.54, 1.807) is 6.07 Å². The molecule has 0 atom stereocenters. The van der Waals surface area contributed by atoms with Gasteiger partial charge in [-0.3, -0.25) is 0 Å². The van der Waals surface area contributed by atoms with Crippen molar-refractivity contribution in [2.24, 2.45) is 0 Å². The molecule has 0 fully saturated rings. The van der Waals surface area contributed by atoms with Gasteiger partial charge in [-0.25, -0.2) is 0 Å². The molecule has 92 valence electrons. The van der Waals surface area contributed by atoms with Crippen LogP contribution in [0.3, 0.4) is 0 Å². The van der Waals surface area contributed by atoms with Crippen LogP contribution < -0.4 is 0 Å². The lowest BCUT2D eigenvalue weighted by Crippen LogP contribution is -2.13. The second kappa shape index (κ2) is 3.87. The van der Waals surface area contributed by atoms with Gasteiger partial charge in [-0.1, -0.05) is 36.4 Å². The third-order valence-electron chi connectivity index (χ3n) is 3.43. The summed E-state index contributed by atoms with van der Waals surface area (Å²) in [6, 6.07) is 12.1. The van der Waals surface area contributed by atoms with Crippen LogP contribution in [0, 0.1) is 0 Å². The molecule has 0 heterocycles. The molecule has 0 saturated heterocycles. The van der Waals surface area contributed by atoms with Gasteiger partial charge in [0.1, 0.15) is 0 Å². The van der Waals surface area contributed by atoms with Gasteiger partial charge in [0.2, 0.25) is 0 Å². The summed E-state index contributed by atoms with van der Waals surface area (Å²) in [6.07, 6.45) is -3.13. The van der Waals surface area contributed by atoms with Crippen molar-refractivity contribution in [3.63, 3.8) is 0 Å². The Bertz CT molecular complexity index is 597. The van der Waals surface area contributed by atoms with E-state index in [4.69, 9.17) is 0 Å². The highest BCUT2D eigenvalue weighted by atomic mass is 19.4. The quantitative estimate of drug-likeness (QED) is 0.645. The third kappa shape index (κ3) is 1.70. The first-order valence-corrected chi connectivity index (χ1v) is 5.85. The topological polar surface area (TPSA) is 0 Å². The number of halogens is 3. The van der Waals surface area contributed by atoms with Crippen molar-refractivity contribution >= 4 is 0 Å². The van der Waals surface area contributed by atoms with E-state index < -0.39 is 11.7 Å². The minimum atomic E-state index is -4.27. The maximum absolute atomic E-state index is 13.0. The van der Waals surface area contributed by atoms with Gasteiger partial charge in [0, 0.05) is 0 Å². The van der Waals surface area contributed by atoms with Crippen LogP contribution in [-0.4, -0.2) is 0 Å². The molecule has 0 amide bonds. The summed E-state index contributed by atoms with van der Waals surface area (Å²) in [6.45, 7) is 0. The molecular formula is C15H11F3. The second-order valence-electron chi connectivity index (χ2n) is 4.49. The van der Waals surface area contributed by atoms with Gasteiger partial charge in [0.25, 0.3) is 0 Å². The molecule has 0 nitrogen and oxygen atoms in total. The smallest absolute Gasteiger partial charge is 0.166 e. The Morgan fingerprint density at radius 3 is 2.28 bits per heavy atom. The number of aryl methyl sites for hydroxylation is 1. The summed E-state index contributed by atoms with van der Waals surface area (Å²) < 4.78 is 38.9. The monoisotopic (exact) mass is 248 g/mol. The van der Waals surface area contributed by atoms with E-state index in [9.17, 15) is 13.2 Å². The maximum Gasteiger partial charge on any atom is 0.416 e. The van der Waals surface area contributed by atoms with Crippen molar-refractivity contribution in [2.75, 3.05) is 0 Å². The Kier molecular flexibility index (Phi) is 2.44. The zero-order valence-electron chi connectivity index (χ0n) is 9.59. The maximum atomic E-state index is 13.0. The lowest BCUT2D eigenvalue weighted by atomic mass is 9.83. The van der Waals surface area contributed by atoms with Crippen molar-refractivity contribution in [1.29, 1.82) is 0 Å². The molecule has 0 aliphatic heterocycles. The summed E-state index contributed by atoms with van der Waals surface area (Å²) >= 11 is 0. The fraction of sp³-hybridized carbons (Fsp3) is 0.200. The number of hydrogen-bond acceptors (Lipinski definition) is 0. The number of benzene rings is 2. The first kappa shape index (κ1) is 11.3. The Labute approximate surface area is 103 Å². The fourth-order valence-corrected chi connectivity index (χ4v) is 2.63. The molecule has 0 unspecified atom stereocenters. The van der Waals surface area contributed by atoms with Crippen molar-refractivity contribution in [2.45, 2.75) is 19.0 Å². The van der Waals surface area contributed by atoms with E-state index in [1.807, 2.05) is 24.3 Å². The van der Waals surface area contributed by atoms with Crippen LogP contribution in [0.4, 0.5) is 13.2 Å². The fourth-order valence-electron chi connectivity index (χ4n) is 2.63. The average Bonchev–Trinajstić information content (AvgIpc) is 2.36. The van der Waals surface area contributed by atoms with Gasteiger partial charge in [-0.15, -0.1) is 0 Å². The van der Waals surface area contributed by atoms with Gasteiger partial charge in [-0.2, -0.15) is 13.2 Å². The number of hydrogen-bond donors (Lipinski definition) is 0. The van der Waals surface area contributed by atoms with Gasteiger partial charge in [0.05, 0.1) is 5.56 Å². The molecule has 0 aromatic heterocycles. The van der Waals surface area contributed by atoms with Crippen LogP contribution in [0.5, 0.6) is 0 Å². The van der Waals surface area contributed by atoms with Crippen LogP contribution in [0.15, 0.2) is 42.5 Å². The zero-order valence-corrected chi connectivity index (χ0v) is 9.59. The van der Waals surface area contributed by atoms with Crippen molar-refractivity contribution in [1.82, 2.24) is 0 Å². The first-order chi connectivity index (χ1) is 8.57. The summed E-state index contributed by atoms with van der Waals surface area (Å²) in [5.74, 6) is 0. The number of alkyl halides is 3. The lowest BCUT2D eigenvalue weighted by molar-refractivity contribution is -0.138. The number of rotatable bonds is 0. The van der Waals surface area contributed by atoms with E-state index >= 15 is 0 Å². The molecule has 1 aliphatic rings. The van der Waals surface area contributed by atoms with Crippen molar-refractivity contribution in [3.05, 3.63) is 59.2 Å². The standard InChI is InChI=1S/C15H11F3/c16-15(17,18)14-7-3-6-12-11-5-2-1-4-10(11)8-9-13(12)14/h1-7H,8-9H2. The zero-order chi connectivity index (χ0) is 12.8. The van der Waals surface area contributed by atoms with Crippen molar-refractivity contribution in [3.8, 4) is 11.1 Å². The molecule has 0 spiro atoms. The van der Waals surface area contributed by atoms with Gasteiger partial charge in [0.15, 0.2) is 0 Å². The van der Waals surface area contributed by atoms with Crippen LogP contribution in [-0.2, 0) is 19.0 Å². The number of fused-ring (bicyclic) bond motifs is 3. The predicted molar refractivity (Wildman–Crippen MR) is 64.3 cm³/mol. The molecule has 3 rings (SSSR count). The molecule has 0 radical (unpaired) electrons. The normalized spacial score (nSPS) is 13.9.